The standard InChI is InChI=1S/C7H6BrClO/c1-4-2-5(8)3-6(10)7(4)9/h2-3,10H,1H3. The summed E-state index contributed by atoms with van der Waals surface area (Å²) < 4.78 is 0.840. The summed E-state index contributed by atoms with van der Waals surface area (Å²) in [5.74, 6) is 0.119. The Morgan fingerprint density at radius 3 is 2.60 bits per heavy atom. The van der Waals surface area contributed by atoms with Gasteiger partial charge in [0, 0.05) is 4.47 Å². The van der Waals surface area contributed by atoms with Crippen molar-refractivity contribution in [3.05, 3.63) is 27.2 Å². The van der Waals surface area contributed by atoms with Crippen molar-refractivity contribution < 1.29 is 5.11 Å². The Bertz CT molecular complexity index is 237. The maximum Gasteiger partial charge on any atom is 0.135 e. The minimum Gasteiger partial charge on any atom is -0.506 e. The average Bonchev–Trinajstić information content (AvgIpc) is 1.82. The summed E-state index contributed by atoms with van der Waals surface area (Å²) in [6.07, 6.45) is 0. The van der Waals surface area contributed by atoms with Crippen molar-refractivity contribution in [2.45, 2.75) is 6.92 Å². The third-order valence-electron chi connectivity index (χ3n) is 1.20. The Morgan fingerprint density at radius 1 is 1.50 bits per heavy atom. The van der Waals surface area contributed by atoms with Crippen LogP contribution in [0.2, 0.25) is 5.02 Å². The number of aryl methyl sites for hydroxylation is 1. The fourth-order valence-electron chi connectivity index (χ4n) is 0.708. The first-order chi connectivity index (χ1) is 4.61. The molecule has 0 aromatic heterocycles. The molecule has 0 fully saturated rings. The molecule has 1 aromatic rings. The van der Waals surface area contributed by atoms with E-state index < -0.39 is 0 Å². The molecule has 0 unspecified atom stereocenters. The summed E-state index contributed by atoms with van der Waals surface area (Å²) in [6.45, 7) is 1.84. The minimum absolute atomic E-state index is 0.119. The molecule has 3 heteroatoms. The molecule has 0 spiro atoms. The number of hydrogen-bond acceptors (Lipinski definition) is 1. The van der Waals surface area contributed by atoms with E-state index in [-0.39, 0.29) is 5.75 Å². The molecule has 54 valence electrons. The topological polar surface area (TPSA) is 20.2 Å². The molecule has 0 radical (unpaired) electrons. The van der Waals surface area contributed by atoms with Crippen LogP contribution in [0.1, 0.15) is 5.56 Å². The molecule has 10 heavy (non-hydrogen) atoms. The summed E-state index contributed by atoms with van der Waals surface area (Å²) in [4.78, 5) is 0. The van der Waals surface area contributed by atoms with Gasteiger partial charge in [0.1, 0.15) is 5.75 Å². The van der Waals surface area contributed by atoms with E-state index in [1.807, 2.05) is 13.0 Å². The number of phenols is 1. The Morgan fingerprint density at radius 2 is 2.10 bits per heavy atom. The fraction of sp³-hybridized carbons (Fsp3) is 0.143. The van der Waals surface area contributed by atoms with Gasteiger partial charge in [-0.3, -0.25) is 0 Å². The summed E-state index contributed by atoms with van der Waals surface area (Å²) in [5, 5.41) is 9.54. The third-order valence-corrected chi connectivity index (χ3v) is 2.15. The Hall–Kier alpha value is -0.210. The van der Waals surface area contributed by atoms with Crippen molar-refractivity contribution in [1.82, 2.24) is 0 Å². The van der Waals surface area contributed by atoms with Gasteiger partial charge in [-0.1, -0.05) is 27.5 Å². The zero-order valence-electron chi connectivity index (χ0n) is 5.36. The van der Waals surface area contributed by atoms with Gasteiger partial charge in [-0.25, -0.2) is 0 Å². The van der Waals surface area contributed by atoms with Crippen LogP contribution in [0.5, 0.6) is 5.75 Å². The van der Waals surface area contributed by atoms with Crippen LogP contribution in [-0.4, -0.2) is 5.11 Å². The predicted octanol–water partition coefficient (Wildman–Crippen LogP) is 3.12. The van der Waals surface area contributed by atoms with Crippen molar-refractivity contribution in [3.8, 4) is 5.75 Å². The van der Waals surface area contributed by atoms with Crippen LogP contribution >= 0.6 is 27.5 Å². The van der Waals surface area contributed by atoms with Crippen molar-refractivity contribution in [3.63, 3.8) is 0 Å². The first-order valence-electron chi connectivity index (χ1n) is 2.76. The van der Waals surface area contributed by atoms with E-state index >= 15 is 0 Å². The van der Waals surface area contributed by atoms with Gasteiger partial charge in [-0.05, 0) is 24.6 Å². The molecular weight excluding hydrogens is 215 g/mol. The van der Waals surface area contributed by atoms with Gasteiger partial charge in [0.05, 0.1) is 5.02 Å². The fourth-order valence-corrected chi connectivity index (χ4v) is 1.38. The second-order valence-corrected chi connectivity index (χ2v) is 3.35. The van der Waals surface area contributed by atoms with Crippen molar-refractivity contribution in [2.75, 3.05) is 0 Å². The van der Waals surface area contributed by atoms with E-state index in [2.05, 4.69) is 15.9 Å². The van der Waals surface area contributed by atoms with Crippen molar-refractivity contribution in [1.29, 1.82) is 0 Å². The Labute approximate surface area is 72.8 Å². The van der Waals surface area contributed by atoms with E-state index in [4.69, 9.17) is 16.7 Å². The highest BCUT2D eigenvalue weighted by atomic mass is 79.9. The molecule has 1 aromatic carbocycles. The van der Waals surface area contributed by atoms with Gasteiger partial charge in [0.15, 0.2) is 0 Å². The van der Waals surface area contributed by atoms with E-state index in [0.29, 0.717) is 5.02 Å². The lowest BCUT2D eigenvalue weighted by Gasteiger charge is -2.00. The molecule has 0 saturated carbocycles. The van der Waals surface area contributed by atoms with Gasteiger partial charge < -0.3 is 5.11 Å². The number of hydrogen-bond donors (Lipinski definition) is 1. The van der Waals surface area contributed by atoms with Crippen LogP contribution in [0.25, 0.3) is 0 Å². The molecule has 1 nitrogen and oxygen atoms in total. The summed E-state index contributed by atoms with van der Waals surface area (Å²) in [5.41, 5.74) is 0.869. The van der Waals surface area contributed by atoms with Gasteiger partial charge in [-0.2, -0.15) is 0 Å². The lowest BCUT2D eigenvalue weighted by atomic mass is 10.2. The van der Waals surface area contributed by atoms with Crippen molar-refractivity contribution in [2.24, 2.45) is 0 Å². The molecule has 0 aliphatic rings. The zero-order chi connectivity index (χ0) is 7.72. The highest BCUT2D eigenvalue weighted by Gasteiger charge is 2.01. The second-order valence-electron chi connectivity index (χ2n) is 2.06. The number of aromatic hydroxyl groups is 1. The summed E-state index contributed by atoms with van der Waals surface area (Å²) in [7, 11) is 0. The van der Waals surface area contributed by atoms with Gasteiger partial charge >= 0.3 is 0 Å². The molecule has 0 heterocycles. The van der Waals surface area contributed by atoms with Crippen LogP contribution in [-0.2, 0) is 0 Å². The molecule has 0 aliphatic carbocycles. The maximum absolute atomic E-state index is 9.12. The number of halogens is 2. The molecule has 0 atom stereocenters. The normalized spacial score (nSPS) is 9.90. The summed E-state index contributed by atoms with van der Waals surface area (Å²) in [6, 6.07) is 3.41. The van der Waals surface area contributed by atoms with E-state index in [0.717, 1.165) is 10.0 Å². The minimum atomic E-state index is 0.119. The lowest BCUT2D eigenvalue weighted by Crippen LogP contribution is -1.75. The van der Waals surface area contributed by atoms with Crippen LogP contribution in [0.3, 0.4) is 0 Å². The van der Waals surface area contributed by atoms with E-state index in [9.17, 15) is 0 Å². The van der Waals surface area contributed by atoms with Crippen molar-refractivity contribution >= 4 is 27.5 Å². The molecule has 0 amide bonds. The van der Waals surface area contributed by atoms with Gasteiger partial charge in [0.2, 0.25) is 0 Å². The molecule has 0 bridgehead atoms. The van der Waals surface area contributed by atoms with Crippen LogP contribution in [0.4, 0.5) is 0 Å². The monoisotopic (exact) mass is 220 g/mol. The molecule has 1 rings (SSSR count). The van der Waals surface area contributed by atoms with E-state index in [1.165, 1.54) is 0 Å². The third kappa shape index (κ3) is 1.44. The molecule has 0 saturated heterocycles. The Balaban J connectivity index is 3.31. The van der Waals surface area contributed by atoms with Crippen LogP contribution in [0, 0.1) is 6.92 Å². The SMILES string of the molecule is Cc1cc(Br)cc(O)c1Cl. The largest absolute Gasteiger partial charge is 0.506 e. The first-order valence-corrected chi connectivity index (χ1v) is 3.93. The first kappa shape index (κ1) is 7.89. The zero-order valence-corrected chi connectivity index (χ0v) is 7.70. The van der Waals surface area contributed by atoms with Crippen LogP contribution < -0.4 is 0 Å². The smallest absolute Gasteiger partial charge is 0.135 e. The molecular formula is C7H6BrClO. The Kier molecular flexibility index (Phi) is 2.21. The maximum atomic E-state index is 9.12. The summed E-state index contributed by atoms with van der Waals surface area (Å²) >= 11 is 8.91. The lowest BCUT2D eigenvalue weighted by molar-refractivity contribution is 0.475. The highest BCUT2D eigenvalue weighted by molar-refractivity contribution is 9.10. The van der Waals surface area contributed by atoms with E-state index in [1.54, 1.807) is 6.07 Å². The molecule has 1 N–H and O–H groups in total. The molecule has 0 aliphatic heterocycles. The quantitative estimate of drug-likeness (QED) is 0.714. The predicted molar refractivity (Wildman–Crippen MR) is 45.6 cm³/mol. The highest BCUT2D eigenvalue weighted by Crippen LogP contribution is 2.30. The number of rotatable bonds is 0. The van der Waals surface area contributed by atoms with Gasteiger partial charge in [0.25, 0.3) is 0 Å². The number of benzene rings is 1. The van der Waals surface area contributed by atoms with Crippen LogP contribution in [0.15, 0.2) is 16.6 Å². The second kappa shape index (κ2) is 2.81. The average molecular weight is 221 g/mol. The number of phenolic OH excluding ortho intramolecular Hbond substituents is 1. The van der Waals surface area contributed by atoms with Gasteiger partial charge in [-0.15, -0.1) is 0 Å².